The number of alkyl carbamates (subject to hydrolysis) is 1. The van der Waals surface area contributed by atoms with Crippen molar-refractivity contribution in [1.29, 1.82) is 0 Å². The third kappa shape index (κ3) is 17.0. The number of aliphatic hydroxyl groups is 1. The molecule has 0 heterocycles. The second kappa shape index (κ2) is 15.5. The Morgan fingerprint density at radius 3 is 1.86 bits per heavy atom. The summed E-state index contributed by atoms with van der Waals surface area (Å²) in [4.78, 5) is 11.1. The van der Waals surface area contributed by atoms with Gasteiger partial charge in [-0.05, 0) is 13.8 Å². The Bertz CT molecular complexity index is 239. The van der Waals surface area contributed by atoms with Crippen molar-refractivity contribution < 1.29 is 33.6 Å². The summed E-state index contributed by atoms with van der Waals surface area (Å²) in [5.41, 5.74) is 0. The van der Waals surface area contributed by atoms with Crippen molar-refractivity contribution in [2.24, 2.45) is 0 Å². The van der Waals surface area contributed by atoms with Crippen molar-refractivity contribution in [3.63, 3.8) is 0 Å². The van der Waals surface area contributed by atoms with E-state index >= 15 is 0 Å². The fraction of sp³-hybridized carbons (Fsp3) is 0.923. The number of carbonyl (C=O) groups excluding carboxylic acids is 1. The Hall–Kier alpha value is -0.930. The summed E-state index contributed by atoms with van der Waals surface area (Å²) in [5, 5.41) is 10.9. The van der Waals surface area contributed by atoms with Crippen LogP contribution in [0.4, 0.5) is 4.79 Å². The van der Waals surface area contributed by atoms with Gasteiger partial charge < -0.3 is 34.1 Å². The average molecular weight is 309 g/mol. The maximum absolute atomic E-state index is 11.1. The van der Waals surface area contributed by atoms with Gasteiger partial charge in [-0.1, -0.05) is 0 Å². The molecule has 1 amide bonds. The molecule has 0 saturated heterocycles. The number of nitrogens with one attached hydrogen (secondary N) is 1. The van der Waals surface area contributed by atoms with Crippen LogP contribution < -0.4 is 5.32 Å². The lowest BCUT2D eigenvalue weighted by Gasteiger charge is -2.10. The van der Waals surface area contributed by atoms with Crippen LogP contribution in [0.25, 0.3) is 0 Å². The molecule has 0 aromatic carbocycles. The highest BCUT2D eigenvalue weighted by Crippen LogP contribution is 1.87. The van der Waals surface area contributed by atoms with Crippen LogP contribution in [0.1, 0.15) is 13.8 Å². The number of amides is 1. The second-order valence-electron chi connectivity index (χ2n) is 4.26. The van der Waals surface area contributed by atoms with Crippen molar-refractivity contribution >= 4 is 6.09 Å². The highest BCUT2D eigenvalue weighted by molar-refractivity contribution is 5.67. The highest BCUT2D eigenvalue weighted by Gasteiger charge is 2.02. The number of ether oxygens (including phenoxy) is 5. The summed E-state index contributed by atoms with van der Waals surface area (Å²) < 4.78 is 25.3. The molecule has 0 aromatic rings. The van der Waals surface area contributed by atoms with Gasteiger partial charge in [0.05, 0.1) is 52.4 Å². The first-order valence-electron chi connectivity index (χ1n) is 7.03. The summed E-state index contributed by atoms with van der Waals surface area (Å²) in [6.07, 6.45) is -0.566. The van der Waals surface area contributed by atoms with Crippen LogP contribution in [0.2, 0.25) is 0 Å². The lowest BCUT2D eigenvalue weighted by Crippen LogP contribution is -2.30. The van der Waals surface area contributed by atoms with Crippen molar-refractivity contribution in [3.8, 4) is 0 Å². The van der Waals surface area contributed by atoms with Gasteiger partial charge in [-0.2, -0.15) is 0 Å². The summed E-state index contributed by atoms with van der Waals surface area (Å²) in [7, 11) is 0. The molecule has 0 atom stereocenters. The molecule has 8 nitrogen and oxygen atoms in total. The summed E-state index contributed by atoms with van der Waals surface area (Å²) in [6, 6.07) is 0. The zero-order chi connectivity index (χ0) is 15.8. The summed E-state index contributed by atoms with van der Waals surface area (Å²) in [6.45, 7) is 6.75. The minimum absolute atomic E-state index is 0.128. The predicted molar refractivity (Wildman–Crippen MR) is 75.1 cm³/mol. The average Bonchev–Trinajstić information content (AvgIpc) is 2.43. The molecule has 2 N–H and O–H groups in total. The van der Waals surface area contributed by atoms with E-state index in [4.69, 9.17) is 24.1 Å². The molecule has 0 aliphatic rings. The fourth-order valence-electron chi connectivity index (χ4n) is 1.21. The van der Waals surface area contributed by atoms with Crippen molar-refractivity contribution in [2.75, 3.05) is 59.6 Å². The van der Waals surface area contributed by atoms with Crippen LogP contribution in [-0.2, 0) is 23.7 Å². The molecular formula is C13H27NO7. The Morgan fingerprint density at radius 1 is 0.905 bits per heavy atom. The van der Waals surface area contributed by atoms with E-state index in [1.807, 2.05) is 0 Å². The van der Waals surface area contributed by atoms with Gasteiger partial charge in [-0.3, -0.25) is 0 Å². The first-order valence-corrected chi connectivity index (χ1v) is 7.03. The number of hydrogen-bond donors (Lipinski definition) is 2. The van der Waals surface area contributed by atoms with E-state index in [9.17, 15) is 4.79 Å². The largest absolute Gasteiger partial charge is 0.447 e. The van der Waals surface area contributed by atoms with Gasteiger partial charge in [-0.15, -0.1) is 0 Å². The number of aliphatic hydroxyl groups excluding tert-OH is 1. The maximum Gasteiger partial charge on any atom is 0.407 e. The Labute approximate surface area is 125 Å². The van der Waals surface area contributed by atoms with E-state index in [0.29, 0.717) is 52.8 Å². The van der Waals surface area contributed by atoms with E-state index in [2.05, 4.69) is 10.1 Å². The van der Waals surface area contributed by atoms with E-state index < -0.39 is 6.09 Å². The Balaban J connectivity index is 3.07. The number of rotatable bonds is 14. The van der Waals surface area contributed by atoms with Crippen molar-refractivity contribution in [1.82, 2.24) is 5.32 Å². The molecule has 0 rings (SSSR count). The van der Waals surface area contributed by atoms with E-state index in [1.165, 1.54) is 0 Å². The number of hydrogen-bond acceptors (Lipinski definition) is 7. The number of carbonyl (C=O) groups is 1. The predicted octanol–water partition coefficient (Wildman–Crippen LogP) is 0.137. The minimum Gasteiger partial charge on any atom is -0.447 e. The topological polar surface area (TPSA) is 95.5 Å². The highest BCUT2D eigenvalue weighted by atomic mass is 16.6. The molecule has 126 valence electrons. The molecule has 0 unspecified atom stereocenters. The zero-order valence-corrected chi connectivity index (χ0v) is 12.8. The molecule has 0 bridgehead atoms. The molecular weight excluding hydrogens is 282 g/mol. The van der Waals surface area contributed by atoms with Gasteiger partial charge in [-0.25, -0.2) is 4.79 Å². The quantitative estimate of drug-likeness (QED) is 0.348. The van der Waals surface area contributed by atoms with Crippen LogP contribution in [0.3, 0.4) is 0 Å². The lowest BCUT2D eigenvalue weighted by atomic mass is 10.5. The first kappa shape index (κ1) is 20.1. The van der Waals surface area contributed by atoms with Crippen molar-refractivity contribution in [3.05, 3.63) is 0 Å². The second-order valence-corrected chi connectivity index (χ2v) is 4.26. The third-order valence-electron chi connectivity index (χ3n) is 2.07. The van der Waals surface area contributed by atoms with E-state index in [0.717, 1.165) is 0 Å². The van der Waals surface area contributed by atoms with Crippen molar-refractivity contribution in [2.45, 2.75) is 20.0 Å². The first-order chi connectivity index (χ1) is 10.2. The van der Waals surface area contributed by atoms with Gasteiger partial charge >= 0.3 is 6.09 Å². The van der Waals surface area contributed by atoms with Crippen LogP contribution >= 0.6 is 0 Å². The monoisotopic (exact) mass is 309 g/mol. The smallest absolute Gasteiger partial charge is 0.407 e. The molecule has 0 fully saturated rings. The summed E-state index contributed by atoms with van der Waals surface area (Å²) >= 11 is 0. The van der Waals surface area contributed by atoms with Gasteiger partial charge in [0, 0.05) is 6.54 Å². The fourth-order valence-corrected chi connectivity index (χ4v) is 1.21. The van der Waals surface area contributed by atoms with E-state index in [-0.39, 0.29) is 12.9 Å². The zero-order valence-electron chi connectivity index (χ0n) is 12.8. The molecule has 0 radical (unpaired) electrons. The molecule has 0 aliphatic carbocycles. The van der Waals surface area contributed by atoms with Crippen LogP contribution in [0.15, 0.2) is 0 Å². The summed E-state index contributed by atoms with van der Waals surface area (Å²) in [5.74, 6) is 0. The van der Waals surface area contributed by atoms with Gasteiger partial charge in [0.15, 0.2) is 0 Å². The molecule has 21 heavy (non-hydrogen) atoms. The minimum atomic E-state index is -0.438. The molecule has 0 spiro atoms. The van der Waals surface area contributed by atoms with Crippen LogP contribution in [-0.4, -0.2) is 76.9 Å². The van der Waals surface area contributed by atoms with Gasteiger partial charge in [0.25, 0.3) is 0 Å². The van der Waals surface area contributed by atoms with E-state index in [1.54, 1.807) is 13.8 Å². The van der Waals surface area contributed by atoms with Crippen LogP contribution in [0, 0.1) is 0 Å². The lowest BCUT2D eigenvalue weighted by molar-refractivity contribution is -0.0394. The molecule has 8 heteroatoms. The standard InChI is InChI=1S/C13H27NO7/c1-12(2)21-13(16)14-3-4-17-5-6-18-7-8-19-9-10-20-11-15/h12,15H,3-11H2,1-2H3,(H,14,16). The molecule has 0 aliphatic heterocycles. The Morgan fingerprint density at radius 2 is 1.38 bits per heavy atom. The Kier molecular flexibility index (Phi) is 14.8. The maximum atomic E-state index is 11.1. The molecule has 0 aromatic heterocycles. The van der Waals surface area contributed by atoms with Crippen LogP contribution in [0.5, 0.6) is 0 Å². The van der Waals surface area contributed by atoms with Gasteiger partial charge in [0.1, 0.15) is 6.79 Å². The normalized spacial score (nSPS) is 10.9. The SMILES string of the molecule is CC(C)OC(=O)NCCOCCOCCOCCOCO. The third-order valence-corrected chi connectivity index (χ3v) is 2.07. The molecule has 0 saturated carbocycles. The van der Waals surface area contributed by atoms with Gasteiger partial charge in [0.2, 0.25) is 0 Å².